The summed E-state index contributed by atoms with van der Waals surface area (Å²) in [7, 11) is 0. The molecule has 7 nitrogen and oxygen atoms in total. The number of aromatic nitrogens is 4. The van der Waals surface area contributed by atoms with Gasteiger partial charge in [0.25, 0.3) is 5.92 Å². The molecule has 3 aromatic rings. The van der Waals surface area contributed by atoms with Gasteiger partial charge in [-0.05, 0) is 38.8 Å². The fraction of sp³-hybridized carbons (Fsp3) is 0.476. The van der Waals surface area contributed by atoms with Crippen molar-refractivity contribution >= 4 is 39.8 Å². The smallest absolute Gasteiger partial charge is 0.272 e. The molecular formula is C21H23ClF2N6O. The second-order valence-corrected chi connectivity index (χ2v) is 9.14. The Morgan fingerprint density at radius 1 is 1.23 bits per heavy atom. The van der Waals surface area contributed by atoms with Crippen molar-refractivity contribution in [3.63, 3.8) is 0 Å². The van der Waals surface area contributed by atoms with E-state index in [9.17, 15) is 13.9 Å². The van der Waals surface area contributed by atoms with Crippen LogP contribution >= 0.6 is 11.6 Å². The molecule has 0 radical (unpaired) electrons. The van der Waals surface area contributed by atoms with Crippen LogP contribution in [0.15, 0.2) is 24.5 Å². The van der Waals surface area contributed by atoms with E-state index in [-0.39, 0.29) is 6.42 Å². The monoisotopic (exact) mass is 448 g/mol. The number of anilines is 3. The van der Waals surface area contributed by atoms with Crippen LogP contribution in [0.1, 0.15) is 37.9 Å². The minimum absolute atomic E-state index is 0.184. The number of rotatable bonds is 4. The standard InChI is InChI=1S/C21H23ClF2N6O/c1-12-16(11-26-30(12)18-9-21(18,23)24)28-19-25-10-13-7-14(22)17(8-15(13)27-19)29-5-3-20(2,31)4-6-29/h7-8,10-11,18,31H,3-6,9H2,1-2H3,(H,25,27,28). The van der Waals surface area contributed by atoms with E-state index in [2.05, 4.69) is 25.3 Å². The maximum atomic E-state index is 13.4. The van der Waals surface area contributed by atoms with Gasteiger partial charge in [-0.15, -0.1) is 0 Å². The molecule has 164 valence electrons. The Morgan fingerprint density at radius 3 is 2.61 bits per heavy atom. The molecule has 0 bridgehead atoms. The molecule has 0 spiro atoms. The van der Waals surface area contributed by atoms with Gasteiger partial charge >= 0.3 is 0 Å². The molecule has 31 heavy (non-hydrogen) atoms. The Hall–Kier alpha value is -2.52. The van der Waals surface area contributed by atoms with Crippen LogP contribution in [0, 0.1) is 6.92 Å². The van der Waals surface area contributed by atoms with Crippen LogP contribution in [0.25, 0.3) is 10.9 Å². The second-order valence-electron chi connectivity index (χ2n) is 8.73. The lowest BCUT2D eigenvalue weighted by molar-refractivity contribution is 0.0351. The Morgan fingerprint density at radius 2 is 1.94 bits per heavy atom. The van der Waals surface area contributed by atoms with Crippen molar-refractivity contribution in [2.45, 2.75) is 50.7 Å². The Kier molecular flexibility index (Phi) is 4.60. The van der Waals surface area contributed by atoms with Gasteiger partial charge in [0.15, 0.2) is 0 Å². The lowest BCUT2D eigenvalue weighted by Gasteiger charge is -2.37. The SMILES string of the molecule is Cc1c(Nc2ncc3cc(Cl)c(N4CCC(C)(O)CC4)cc3n2)cnn1C1CC1(F)F. The third-order valence-corrected chi connectivity index (χ3v) is 6.51. The molecule has 1 aliphatic heterocycles. The Bertz CT molecular complexity index is 1150. The molecule has 2 aliphatic rings. The molecular weight excluding hydrogens is 426 g/mol. The number of alkyl halides is 2. The summed E-state index contributed by atoms with van der Waals surface area (Å²) in [5.74, 6) is -2.34. The minimum atomic E-state index is -2.69. The summed E-state index contributed by atoms with van der Waals surface area (Å²) in [5, 5.41) is 18.8. The number of hydrogen-bond acceptors (Lipinski definition) is 6. The summed E-state index contributed by atoms with van der Waals surface area (Å²) in [5.41, 5.74) is 2.14. The molecule has 2 fully saturated rings. The van der Waals surface area contributed by atoms with Crippen molar-refractivity contribution in [3.8, 4) is 0 Å². The average Bonchev–Trinajstić information content (AvgIpc) is 3.19. The number of nitrogens with one attached hydrogen (secondary N) is 1. The lowest BCUT2D eigenvalue weighted by Crippen LogP contribution is -2.42. The number of piperidine rings is 1. The van der Waals surface area contributed by atoms with Gasteiger partial charge in [-0.1, -0.05) is 11.6 Å². The predicted octanol–water partition coefficient (Wildman–Crippen LogP) is 4.46. The van der Waals surface area contributed by atoms with Crippen molar-refractivity contribution in [2.75, 3.05) is 23.3 Å². The molecule has 3 heterocycles. The highest BCUT2D eigenvalue weighted by molar-refractivity contribution is 6.34. The number of fused-ring (bicyclic) bond motifs is 1. The van der Waals surface area contributed by atoms with Gasteiger partial charge in [0, 0.05) is 31.1 Å². The van der Waals surface area contributed by atoms with Crippen LogP contribution in [0.5, 0.6) is 0 Å². The molecule has 0 amide bonds. The molecule has 2 N–H and O–H groups in total. The first-order chi connectivity index (χ1) is 14.6. The number of aliphatic hydroxyl groups is 1. The van der Waals surface area contributed by atoms with Crippen LogP contribution in [0.3, 0.4) is 0 Å². The van der Waals surface area contributed by atoms with Crippen molar-refractivity contribution in [2.24, 2.45) is 0 Å². The van der Waals surface area contributed by atoms with Gasteiger partial charge in [0.2, 0.25) is 5.95 Å². The van der Waals surface area contributed by atoms with Gasteiger partial charge in [0.1, 0.15) is 6.04 Å². The zero-order chi connectivity index (χ0) is 22.0. The molecule has 1 aliphatic carbocycles. The van der Waals surface area contributed by atoms with Crippen molar-refractivity contribution in [3.05, 3.63) is 35.2 Å². The molecule has 1 saturated carbocycles. The third-order valence-electron chi connectivity index (χ3n) is 6.21. The van der Waals surface area contributed by atoms with E-state index in [1.165, 1.54) is 10.9 Å². The van der Waals surface area contributed by atoms with Gasteiger partial charge in [-0.3, -0.25) is 4.68 Å². The van der Waals surface area contributed by atoms with Gasteiger partial charge in [-0.25, -0.2) is 18.7 Å². The van der Waals surface area contributed by atoms with Gasteiger partial charge in [-0.2, -0.15) is 5.10 Å². The highest BCUT2D eigenvalue weighted by Gasteiger charge is 2.59. The molecule has 5 rings (SSSR count). The van der Waals surface area contributed by atoms with Crippen molar-refractivity contribution < 1.29 is 13.9 Å². The number of halogens is 3. The molecule has 1 unspecified atom stereocenters. The van der Waals surface area contributed by atoms with Crippen LogP contribution in [0.4, 0.5) is 26.1 Å². The molecule has 1 aromatic carbocycles. The molecule has 1 saturated heterocycles. The highest BCUT2D eigenvalue weighted by atomic mass is 35.5. The van der Waals surface area contributed by atoms with Gasteiger partial charge in [0.05, 0.1) is 39.4 Å². The summed E-state index contributed by atoms with van der Waals surface area (Å²) in [6.45, 7) is 5.01. The van der Waals surface area contributed by atoms with Crippen LogP contribution < -0.4 is 10.2 Å². The maximum Gasteiger partial charge on any atom is 0.272 e. The third kappa shape index (κ3) is 3.80. The number of benzene rings is 1. The predicted molar refractivity (Wildman–Crippen MR) is 115 cm³/mol. The van der Waals surface area contributed by atoms with Crippen molar-refractivity contribution in [1.29, 1.82) is 0 Å². The van der Waals surface area contributed by atoms with E-state index >= 15 is 0 Å². The zero-order valence-corrected chi connectivity index (χ0v) is 18.0. The van der Waals surface area contributed by atoms with Crippen LogP contribution in [-0.2, 0) is 0 Å². The summed E-state index contributed by atoms with van der Waals surface area (Å²) in [6, 6.07) is 2.88. The molecule has 2 aromatic heterocycles. The lowest BCUT2D eigenvalue weighted by atomic mass is 9.93. The molecule has 1 atom stereocenters. The van der Waals surface area contributed by atoms with Crippen LogP contribution in [0.2, 0.25) is 5.02 Å². The van der Waals surface area contributed by atoms with E-state index < -0.39 is 17.6 Å². The van der Waals surface area contributed by atoms with Gasteiger partial charge < -0.3 is 15.3 Å². The number of hydrogen-bond donors (Lipinski definition) is 2. The Labute approximate surface area is 183 Å². The first-order valence-corrected chi connectivity index (χ1v) is 10.6. The van der Waals surface area contributed by atoms with E-state index in [0.29, 0.717) is 53.8 Å². The quantitative estimate of drug-likeness (QED) is 0.613. The fourth-order valence-electron chi connectivity index (χ4n) is 4.02. The fourth-order valence-corrected chi connectivity index (χ4v) is 4.31. The van der Waals surface area contributed by atoms with E-state index in [1.54, 1.807) is 13.1 Å². The summed E-state index contributed by atoms with van der Waals surface area (Å²) >= 11 is 6.51. The summed E-state index contributed by atoms with van der Waals surface area (Å²) in [6.07, 6.45) is 4.35. The van der Waals surface area contributed by atoms with E-state index in [1.807, 2.05) is 19.1 Å². The first-order valence-electron chi connectivity index (χ1n) is 10.3. The van der Waals surface area contributed by atoms with E-state index in [0.717, 1.165) is 11.1 Å². The highest BCUT2D eigenvalue weighted by Crippen LogP contribution is 2.53. The summed E-state index contributed by atoms with van der Waals surface area (Å²) < 4.78 is 28.2. The second kappa shape index (κ2) is 7.00. The number of nitrogens with zero attached hydrogens (tertiary/aromatic N) is 5. The van der Waals surface area contributed by atoms with E-state index in [4.69, 9.17) is 11.6 Å². The zero-order valence-electron chi connectivity index (χ0n) is 17.2. The minimum Gasteiger partial charge on any atom is -0.390 e. The summed E-state index contributed by atoms with van der Waals surface area (Å²) in [4.78, 5) is 11.1. The van der Waals surface area contributed by atoms with Crippen molar-refractivity contribution in [1.82, 2.24) is 19.7 Å². The average molecular weight is 449 g/mol. The Balaban J connectivity index is 1.40. The maximum absolute atomic E-state index is 13.4. The first kappa shape index (κ1) is 20.4. The normalized spacial score (nSPS) is 22.0. The van der Waals surface area contributed by atoms with Crippen LogP contribution in [-0.4, -0.2) is 49.5 Å². The topological polar surface area (TPSA) is 79.1 Å². The largest absolute Gasteiger partial charge is 0.390 e. The molecule has 10 heteroatoms.